The third-order valence-electron chi connectivity index (χ3n) is 2.83. The van der Waals surface area contributed by atoms with Crippen molar-refractivity contribution in [2.75, 3.05) is 7.11 Å². The lowest BCUT2D eigenvalue weighted by molar-refractivity contribution is -0.150. The second kappa shape index (κ2) is 5.04. The number of hydrogen-bond acceptors (Lipinski definition) is 4. The number of benzene rings is 1. The molecule has 4 nitrogen and oxygen atoms in total. The van der Waals surface area contributed by atoms with E-state index in [0.29, 0.717) is 6.42 Å². The van der Waals surface area contributed by atoms with E-state index in [9.17, 15) is 9.59 Å². The molecule has 0 amide bonds. The van der Waals surface area contributed by atoms with Crippen molar-refractivity contribution in [2.24, 2.45) is 0 Å². The van der Waals surface area contributed by atoms with Gasteiger partial charge in [0.1, 0.15) is 0 Å². The van der Waals surface area contributed by atoms with E-state index < -0.39 is 12.1 Å². The summed E-state index contributed by atoms with van der Waals surface area (Å²) < 4.78 is 10.0. The molecule has 4 heteroatoms. The number of hydrogen-bond donors (Lipinski definition) is 0. The Morgan fingerprint density at radius 3 is 2.50 bits per heavy atom. The average molecular weight is 246 g/mol. The Bertz CT molecular complexity index is 502. The van der Waals surface area contributed by atoms with Crippen molar-refractivity contribution in [3.8, 4) is 0 Å². The van der Waals surface area contributed by atoms with Gasteiger partial charge in [0, 0.05) is 18.9 Å². The molecule has 0 fully saturated rings. The zero-order valence-electron chi connectivity index (χ0n) is 10.3. The summed E-state index contributed by atoms with van der Waals surface area (Å²) >= 11 is 0. The second-order valence-corrected chi connectivity index (χ2v) is 4.06. The molecular formula is C14H14O4. The molecule has 18 heavy (non-hydrogen) atoms. The fourth-order valence-electron chi connectivity index (χ4n) is 1.98. The highest BCUT2D eigenvalue weighted by Crippen LogP contribution is 2.33. The smallest absolute Gasteiger partial charge is 0.347 e. The van der Waals surface area contributed by atoms with Crippen molar-refractivity contribution in [3.05, 3.63) is 41.7 Å². The maximum absolute atomic E-state index is 11.6. The molecule has 0 aromatic heterocycles. The summed E-state index contributed by atoms with van der Waals surface area (Å²) in [5.74, 6) is -0.378. The molecule has 1 aliphatic heterocycles. The van der Waals surface area contributed by atoms with Gasteiger partial charge in [-0.3, -0.25) is 4.79 Å². The number of carbonyl (C=O) groups is 2. The zero-order valence-corrected chi connectivity index (χ0v) is 10.3. The maximum atomic E-state index is 11.6. The molecule has 0 saturated carbocycles. The van der Waals surface area contributed by atoms with Crippen LogP contribution in [0.2, 0.25) is 0 Å². The van der Waals surface area contributed by atoms with Gasteiger partial charge < -0.3 is 9.47 Å². The van der Waals surface area contributed by atoms with Crippen LogP contribution in [-0.4, -0.2) is 25.0 Å². The van der Waals surface area contributed by atoms with Gasteiger partial charge in [-0.25, -0.2) is 4.79 Å². The van der Waals surface area contributed by atoms with Crippen molar-refractivity contribution in [3.63, 3.8) is 0 Å². The molecule has 0 N–H and O–H groups in total. The Hall–Kier alpha value is -2.10. The van der Waals surface area contributed by atoms with E-state index in [1.54, 1.807) is 0 Å². The van der Waals surface area contributed by atoms with Crippen LogP contribution in [0.25, 0.3) is 5.57 Å². The molecule has 0 saturated heterocycles. The number of Topliss-reactive ketones (excluding diaryl/α,β-unsaturated/α-hetero) is 1. The first-order valence-electron chi connectivity index (χ1n) is 5.67. The van der Waals surface area contributed by atoms with Crippen LogP contribution >= 0.6 is 0 Å². The summed E-state index contributed by atoms with van der Waals surface area (Å²) in [6, 6.07) is 9.44. The molecule has 94 valence electrons. The summed E-state index contributed by atoms with van der Waals surface area (Å²) in [5.41, 5.74) is 1.66. The summed E-state index contributed by atoms with van der Waals surface area (Å²) in [6.07, 6.45) is -0.352. The Morgan fingerprint density at radius 2 is 1.94 bits per heavy atom. The number of allylic oxidation sites excluding steroid dienone is 1. The van der Waals surface area contributed by atoms with Crippen LogP contribution in [0.5, 0.6) is 0 Å². The highest BCUT2D eigenvalue weighted by molar-refractivity contribution is 6.01. The number of methoxy groups -OCH3 is 1. The number of rotatable bonds is 3. The SMILES string of the molecule is COC(=O)C1CC(c2ccccc2)=C(C(C)=O)O1. The van der Waals surface area contributed by atoms with E-state index in [2.05, 4.69) is 4.74 Å². The van der Waals surface area contributed by atoms with Crippen LogP contribution in [0.15, 0.2) is 36.1 Å². The van der Waals surface area contributed by atoms with Gasteiger partial charge in [-0.05, 0) is 5.56 Å². The lowest BCUT2D eigenvalue weighted by atomic mass is 10.00. The molecule has 1 heterocycles. The van der Waals surface area contributed by atoms with Crippen LogP contribution in [-0.2, 0) is 19.1 Å². The lowest BCUT2D eigenvalue weighted by Gasteiger charge is -2.08. The van der Waals surface area contributed by atoms with E-state index in [1.807, 2.05) is 30.3 Å². The van der Waals surface area contributed by atoms with Gasteiger partial charge >= 0.3 is 5.97 Å². The van der Waals surface area contributed by atoms with Crippen molar-refractivity contribution >= 4 is 17.3 Å². The largest absolute Gasteiger partial charge is 0.474 e. The molecule has 0 spiro atoms. The Kier molecular flexibility index (Phi) is 3.46. The third kappa shape index (κ3) is 2.27. The summed E-state index contributed by atoms with van der Waals surface area (Å²) in [7, 11) is 1.31. The first-order chi connectivity index (χ1) is 8.63. The molecule has 0 aliphatic carbocycles. The molecule has 0 radical (unpaired) electrons. The van der Waals surface area contributed by atoms with Crippen LogP contribution in [0, 0.1) is 0 Å². The fourth-order valence-corrected chi connectivity index (χ4v) is 1.98. The quantitative estimate of drug-likeness (QED) is 0.765. The molecular weight excluding hydrogens is 232 g/mol. The first kappa shape index (κ1) is 12.4. The Morgan fingerprint density at radius 1 is 1.28 bits per heavy atom. The minimum absolute atomic E-state index is 0.180. The number of ether oxygens (including phenoxy) is 2. The molecule has 1 aromatic rings. The second-order valence-electron chi connectivity index (χ2n) is 4.06. The summed E-state index contributed by atoms with van der Waals surface area (Å²) in [5, 5.41) is 0. The molecule has 1 atom stereocenters. The first-order valence-corrected chi connectivity index (χ1v) is 5.67. The summed E-state index contributed by atoms with van der Waals surface area (Å²) in [4.78, 5) is 23.0. The molecule has 1 aromatic carbocycles. The number of esters is 1. The number of carbonyl (C=O) groups excluding carboxylic acids is 2. The predicted octanol–water partition coefficient (Wildman–Crippen LogP) is 1.95. The van der Waals surface area contributed by atoms with E-state index in [4.69, 9.17) is 4.74 Å². The van der Waals surface area contributed by atoms with Crippen LogP contribution in [0.1, 0.15) is 18.9 Å². The van der Waals surface area contributed by atoms with Crippen LogP contribution in [0.4, 0.5) is 0 Å². The minimum atomic E-state index is -0.718. The van der Waals surface area contributed by atoms with Gasteiger partial charge in [-0.1, -0.05) is 30.3 Å². The predicted molar refractivity (Wildman–Crippen MR) is 65.5 cm³/mol. The van der Waals surface area contributed by atoms with Gasteiger partial charge in [0.25, 0.3) is 0 Å². The monoisotopic (exact) mass is 246 g/mol. The minimum Gasteiger partial charge on any atom is -0.474 e. The van der Waals surface area contributed by atoms with Gasteiger partial charge in [-0.2, -0.15) is 0 Å². The van der Waals surface area contributed by atoms with Gasteiger partial charge in [-0.15, -0.1) is 0 Å². The van der Waals surface area contributed by atoms with E-state index >= 15 is 0 Å². The highest BCUT2D eigenvalue weighted by atomic mass is 16.6. The van der Waals surface area contributed by atoms with Crippen molar-refractivity contribution in [1.29, 1.82) is 0 Å². The van der Waals surface area contributed by atoms with Gasteiger partial charge in [0.05, 0.1) is 7.11 Å². The fraction of sp³-hybridized carbons (Fsp3) is 0.286. The lowest BCUT2D eigenvalue weighted by Crippen LogP contribution is -2.22. The van der Waals surface area contributed by atoms with Gasteiger partial charge in [0.15, 0.2) is 17.6 Å². The number of ketones is 1. The summed E-state index contributed by atoms with van der Waals surface area (Å²) in [6.45, 7) is 1.43. The topological polar surface area (TPSA) is 52.6 Å². The van der Waals surface area contributed by atoms with Gasteiger partial charge in [0.2, 0.25) is 0 Å². The highest BCUT2D eigenvalue weighted by Gasteiger charge is 2.34. The van der Waals surface area contributed by atoms with Crippen LogP contribution in [0.3, 0.4) is 0 Å². The van der Waals surface area contributed by atoms with E-state index in [-0.39, 0.29) is 11.5 Å². The Labute approximate surface area is 105 Å². The molecule has 1 unspecified atom stereocenters. The van der Waals surface area contributed by atoms with E-state index in [1.165, 1.54) is 14.0 Å². The zero-order chi connectivity index (χ0) is 13.1. The van der Waals surface area contributed by atoms with E-state index in [0.717, 1.165) is 11.1 Å². The molecule has 0 bridgehead atoms. The maximum Gasteiger partial charge on any atom is 0.347 e. The molecule has 1 aliphatic rings. The van der Waals surface area contributed by atoms with Crippen molar-refractivity contribution in [2.45, 2.75) is 19.4 Å². The standard InChI is InChI=1S/C14H14O4/c1-9(15)13-11(10-6-4-3-5-7-10)8-12(18-13)14(16)17-2/h3-7,12H,8H2,1-2H3. The van der Waals surface area contributed by atoms with Crippen molar-refractivity contribution in [1.82, 2.24) is 0 Å². The molecule has 2 rings (SSSR count). The normalized spacial score (nSPS) is 18.4. The van der Waals surface area contributed by atoms with Crippen LogP contribution < -0.4 is 0 Å². The average Bonchev–Trinajstić information content (AvgIpc) is 2.84. The van der Waals surface area contributed by atoms with Crippen molar-refractivity contribution < 1.29 is 19.1 Å². The third-order valence-corrected chi connectivity index (χ3v) is 2.83. The Balaban J connectivity index is 2.33.